The second-order valence-corrected chi connectivity index (χ2v) is 2.68. The molecule has 0 aliphatic carbocycles. The van der Waals surface area contributed by atoms with E-state index in [0.29, 0.717) is 0 Å². The summed E-state index contributed by atoms with van der Waals surface area (Å²) in [4.78, 5) is 1.38. The Balaban J connectivity index is 2.84. The SMILES string of the molecule is CCc1cc(C)ns1. The molecule has 0 N–H and O–H groups in total. The Morgan fingerprint density at radius 1 is 1.75 bits per heavy atom. The Labute approximate surface area is 53.5 Å². The van der Waals surface area contributed by atoms with Gasteiger partial charge in [-0.05, 0) is 30.9 Å². The van der Waals surface area contributed by atoms with E-state index >= 15 is 0 Å². The minimum atomic E-state index is 1.12. The van der Waals surface area contributed by atoms with Crippen LogP contribution in [0.3, 0.4) is 0 Å². The second kappa shape index (κ2) is 2.27. The van der Waals surface area contributed by atoms with Crippen molar-refractivity contribution < 1.29 is 0 Å². The molecule has 0 unspecified atom stereocenters. The van der Waals surface area contributed by atoms with Gasteiger partial charge in [0.25, 0.3) is 0 Å². The molecule has 44 valence electrons. The fraction of sp³-hybridized carbons (Fsp3) is 0.500. The van der Waals surface area contributed by atoms with Crippen molar-refractivity contribution in [2.75, 3.05) is 0 Å². The van der Waals surface area contributed by atoms with Crippen LogP contribution in [0.15, 0.2) is 6.07 Å². The molecule has 1 aromatic heterocycles. The summed E-state index contributed by atoms with van der Waals surface area (Å²) in [5.41, 5.74) is 1.15. The highest BCUT2D eigenvalue weighted by Crippen LogP contribution is 2.08. The van der Waals surface area contributed by atoms with Crippen molar-refractivity contribution in [2.45, 2.75) is 20.3 Å². The molecular weight excluding hydrogens is 118 g/mol. The largest absolute Gasteiger partial charge is 0.198 e. The lowest BCUT2D eigenvalue weighted by molar-refractivity contribution is 1.18. The van der Waals surface area contributed by atoms with Crippen LogP contribution in [-0.2, 0) is 6.42 Å². The van der Waals surface area contributed by atoms with Crippen LogP contribution in [0.5, 0.6) is 0 Å². The lowest BCUT2D eigenvalue weighted by Crippen LogP contribution is -1.65. The fourth-order valence-electron chi connectivity index (χ4n) is 0.583. The first kappa shape index (κ1) is 5.76. The van der Waals surface area contributed by atoms with Gasteiger partial charge < -0.3 is 0 Å². The number of nitrogens with zero attached hydrogens (tertiary/aromatic N) is 1. The summed E-state index contributed by atoms with van der Waals surface area (Å²) in [6, 6.07) is 2.13. The lowest BCUT2D eigenvalue weighted by Gasteiger charge is -1.77. The summed E-state index contributed by atoms with van der Waals surface area (Å²) in [5, 5.41) is 0. The van der Waals surface area contributed by atoms with Gasteiger partial charge in [-0.2, -0.15) is 4.37 Å². The lowest BCUT2D eigenvalue weighted by atomic mass is 10.3. The van der Waals surface area contributed by atoms with Crippen molar-refractivity contribution in [2.24, 2.45) is 0 Å². The third kappa shape index (κ3) is 1.07. The van der Waals surface area contributed by atoms with Gasteiger partial charge >= 0.3 is 0 Å². The van der Waals surface area contributed by atoms with E-state index in [-0.39, 0.29) is 0 Å². The quantitative estimate of drug-likeness (QED) is 0.562. The van der Waals surface area contributed by atoms with Gasteiger partial charge in [-0.15, -0.1) is 0 Å². The standard InChI is InChI=1S/C6H9NS/c1-3-6-4-5(2)7-8-6/h4H,3H2,1-2H3. The Morgan fingerprint density at radius 2 is 2.50 bits per heavy atom. The van der Waals surface area contributed by atoms with Gasteiger partial charge in [0.05, 0.1) is 5.69 Å². The highest BCUT2D eigenvalue weighted by atomic mass is 32.1. The van der Waals surface area contributed by atoms with Gasteiger partial charge in [0.2, 0.25) is 0 Å². The summed E-state index contributed by atoms with van der Waals surface area (Å²) in [7, 11) is 0. The maximum absolute atomic E-state index is 4.13. The molecule has 2 heteroatoms. The molecule has 1 nitrogen and oxygen atoms in total. The monoisotopic (exact) mass is 127 g/mol. The van der Waals surface area contributed by atoms with Crippen LogP contribution in [0.2, 0.25) is 0 Å². The van der Waals surface area contributed by atoms with Crippen molar-refractivity contribution in [3.8, 4) is 0 Å². The molecule has 0 saturated carbocycles. The number of rotatable bonds is 1. The molecule has 1 aromatic rings. The van der Waals surface area contributed by atoms with Crippen molar-refractivity contribution in [3.63, 3.8) is 0 Å². The van der Waals surface area contributed by atoms with E-state index in [9.17, 15) is 0 Å². The zero-order valence-corrected chi connectivity index (χ0v) is 5.96. The van der Waals surface area contributed by atoms with Gasteiger partial charge in [0, 0.05) is 4.88 Å². The van der Waals surface area contributed by atoms with Crippen molar-refractivity contribution >= 4 is 11.5 Å². The van der Waals surface area contributed by atoms with Gasteiger partial charge in [0.15, 0.2) is 0 Å². The molecule has 0 spiro atoms. The van der Waals surface area contributed by atoms with Gasteiger partial charge in [-0.25, -0.2) is 0 Å². The number of hydrogen-bond donors (Lipinski definition) is 0. The van der Waals surface area contributed by atoms with Gasteiger partial charge in [0.1, 0.15) is 0 Å². The van der Waals surface area contributed by atoms with E-state index in [1.165, 1.54) is 4.88 Å². The summed E-state index contributed by atoms with van der Waals surface area (Å²) in [6.07, 6.45) is 1.12. The maximum Gasteiger partial charge on any atom is 0.0514 e. The van der Waals surface area contributed by atoms with Crippen molar-refractivity contribution in [1.29, 1.82) is 0 Å². The zero-order valence-electron chi connectivity index (χ0n) is 5.14. The van der Waals surface area contributed by atoms with E-state index in [1.807, 2.05) is 6.92 Å². The Morgan fingerprint density at radius 3 is 2.75 bits per heavy atom. The molecule has 1 heterocycles. The van der Waals surface area contributed by atoms with E-state index in [0.717, 1.165) is 12.1 Å². The summed E-state index contributed by atoms with van der Waals surface area (Å²) >= 11 is 1.60. The molecule has 0 atom stereocenters. The van der Waals surface area contributed by atoms with E-state index in [1.54, 1.807) is 11.5 Å². The normalized spacial score (nSPS) is 9.75. The number of aromatic nitrogens is 1. The topological polar surface area (TPSA) is 12.9 Å². The molecule has 1 rings (SSSR count). The Kier molecular flexibility index (Phi) is 1.63. The molecule has 0 aliphatic rings. The molecule has 0 fully saturated rings. The van der Waals surface area contributed by atoms with E-state index < -0.39 is 0 Å². The first-order valence-corrected chi connectivity index (χ1v) is 3.52. The average molecular weight is 127 g/mol. The number of hydrogen-bond acceptors (Lipinski definition) is 2. The summed E-state index contributed by atoms with van der Waals surface area (Å²) in [5.74, 6) is 0. The van der Waals surface area contributed by atoms with Gasteiger partial charge in [-0.1, -0.05) is 6.92 Å². The third-order valence-electron chi connectivity index (χ3n) is 1.03. The Bertz CT molecular complexity index is 169. The average Bonchev–Trinajstić information content (AvgIpc) is 2.14. The summed E-state index contributed by atoms with van der Waals surface area (Å²) in [6.45, 7) is 4.17. The number of aryl methyl sites for hydroxylation is 2. The molecule has 0 aliphatic heterocycles. The predicted octanol–water partition coefficient (Wildman–Crippen LogP) is 2.01. The second-order valence-electron chi connectivity index (χ2n) is 1.79. The predicted molar refractivity (Wildman–Crippen MR) is 36.2 cm³/mol. The molecular formula is C6H9NS. The first-order valence-electron chi connectivity index (χ1n) is 2.75. The highest BCUT2D eigenvalue weighted by Gasteiger charge is 1.91. The third-order valence-corrected chi connectivity index (χ3v) is 2.05. The van der Waals surface area contributed by atoms with Gasteiger partial charge in [-0.3, -0.25) is 0 Å². The minimum absolute atomic E-state index is 1.12. The van der Waals surface area contributed by atoms with E-state index in [2.05, 4.69) is 17.4 Å². The molecule has 0 amide bonds. The van der Waals surface area contributed by atoms with Crippen LogP contribution in [0.25, 0.3) is 0 Å². The van der Waals surface area contributed by atoms with E-state index in [4.69, 9.17) is 0 Å². The van der Waals surface area contributed by atoms with Crippen molar-refractivity contribution in [3.05, 3.63) is 16.6 Å². The highest BCUT2D eigenvalue weighted by molar-refractivity contribution is 7.05. The van der Waals surface area contributed by atoms with Crippen LogP contribution < -0.4 is 0 Å². The smallest absolute Gasteiger partial charge is 0.0514 e. The minimum Gasteiger partial charge on any atom is -0.198 e. The van der Waals surface area contributed by atoms with Crippen LogP contribution in [0.4, 0.5) is 0 Å². The fourth-order valence-corrected chi connectivity index (χ4v) is 1.25. The zero-order chi connectivity index (χ0) is 5.98. The summed E-state index contributed by atoms with van der Waals surface area (Å²) < 4.78 is 4.13. The molecule has 0 aromatic carbocycles. The molecule has 0 bridgehead atoms. The van der Waals surface area contributed by atoms with Crippen molar-refractivity contribution in [1.82, 2.24) is 4.37 Å². The molecule has 8 heavy (non-hydrogen) atoms. The molecule has 0 saturated heterocycles. The van der Waals surface area contributed by atoms with Crippen LogP contribution in [0.1, 0.15) is 17.5 Å². The van der Waals surface area contributed by atoms with Crippen LogP contribution in [0, 0.1) is 6.92 Å². The van der Waals surface area contributed by atoms with Crippen LogP contribution >= 0.6 is 11.5 Å². The maximum atomic E-state index is 4.13. The molecule has 0 radical (unpaired) electrons. The first-order chi connectivity index (χ1) is 3.83. The Hall–Kier alpha value is -0.370. The van der Waals surface area contributed by atoms with Crippen LogP contribution in [-0.4, -0.2) is 4.37 Å².